The highest BCUT2D eigenvalue weighted by Gasteiger charge is 2.26. The molecule has 0 atom stereocenters. The number of anilines is 1. The Morgan fingerprint density at radius 2 is 1.73 bits per heavy atom. The van der Waals surface area contributed by atoms with Crippen LogP contribution in [0.1, 0.15) is 28.6 Å². The number of aromatic hydroxyl groups is 1. The predicted molar refractivity (Wildman–Crippen MR) is 121 cm³/mol. The molecule has 0 amide bonds. The van der Waals surface area contributed by atoms with Crippen molar-refractivity contribution >= 4 is 94.2 Å². The molecule has 0 spiro atoms. The lowest BCUT2D eigenvalue weighted by Crippen LogP contribution is -2.35. The zero-order valence-electron chi connectivity index (χ0n) is 15.0. The largest absolute Gasteiger partial charge is 0.506 e. The molecule has 0 aliphatic carbocycles. The van der Waals surface area contributed by atoms with Gasteiger partial charge in [0.1, 0.15) is 40.6 Å². The quantitative estimate of drug-likeness (QED) is 0.314. The van der Waals surface area contributed by atoms with Crippen LogP contribution in [0.4, 0.5) is 5.69 Å². The van der Waals surface area contributed by atoms with Crippen molar-refractivity contribution in [2.45, 2.75) is 13.3 Å². The van der Waals surface area contributed by atoms with E-state index in [9.17, 15) is 9.90 Å². The first kappa shape index (κ1) is 19.2. The van der Waals surface area contributed by atoms with Gasteiger partial charge in [-0.3, -0.25) is 4.79 Å². The van der Waals surface area contributed by atoms with E-state index in [2.05, 4.69) is 31.9 Å². The summed E-state index contributed by atoms with van der Waals surface area (Å²) in [4.78, 5) is 13.4. The Kier molecular flexibility index (Phi) is 5.05. The van der Waals surface area contributed by atoms with Crippen molar-refractivity contribution in [1.29, 1.82) is 0 Å². The van der Waals surface area contributed by atoms with Crippen LogP contribution in [0.3, 0.4) is 0 Å². The Bertz CT molecular complexity index is 1060. The Morgan fingerprint density at radius 1 is 1.15 bits per heavy atom. The minimum Gasteiger partial charge on any atom is -0.506 e. The number of phenolic OH excluding ortho intramolecular Hbond substituents is 1. The second-order valence-corrected chi connectivity index (χ2v) is 8.07. The van der Waals surface area contributed by atoms with E-state index in [1.54, 1.807) is 12.1 Å². The Hall–Kier alpha value is -1.60. The number of furan rings is 1. The lowest BCUT2D eigenvalue weighted by Gasteiger charge is -2.11. The summed E-state index contributed by atoms with van der Waals surface area (Å²) in [5.41, 5.74) is 11.4. The number of carbonyl (C=O) groups is 1. The van der Waals surface area contributed by atoms with Crippen molar-refractivity contribution in [1.82, 2.24) is 0 Å². The summed E-state index contributed by atoms with van der Waals surface area (Å²) >= 11 is 6.58. The number of aryl methyl sites for hydroxylation is 1. The molecule has 2 aromatic carbocycles. The number of fused-ring (bicyclic) bond motifs is 1. The van der Waals surface area contributed by atoms with Crippen LogP contribution in [-0.2, 0) is 6.42 Å². The second kappa shape index (κ2) is 6.85. The first-order chi connectivity index (χ1) is 12.2. The molecular weight excluding hydrogens is 458 g/mol. The predicted octanol–water partition coefficient (Wildman–Crippen LogP) is -0.186. The van der Waals surface area contributed by atoms with Crippen LogP contribution in [0.2, 0.25) is 0 Å². The molecule has 0 saturated heterocycles. The minimum atomic E-state index is -0.145. The molecule has 1 heterocycles. The van der Waals surface area contributed by atoms with Gasteiger partial charge in [-0.2, -0.15) is 0 Å². The standard InChI is InChI=1S/C17H16B3Br2NO3/c1-2-8-9(15(24)5-3-6(21)16(25)7(22)4-5)10-11(18)12(19)14(23)13(20)17(10)26-8/h3-4,25H,2,18-20,23H2,1H3. The van der Waals surface area contributed by atoms with Crippen molar-refractivity contribution in [2.75, 3.05) is 5.73 Å². The Morgan fingerprint density at radius 3 is 2.27 bits per heavy atom. The molecule has 0 unspecified atom stereocenters. The summed E-state index contributed by atoms with van der Waals surface area (Å²) in [6.07, 6.45) is 0.591. The molecule has 3 rings (SSSR count). The average Bonchev–Trinajstić information content (AvgIpc) is 3.01. The van der Waals surface area contributed by atoms with Crippen LogP contribution in [0.25, 0.3) is 11.0 Å². The van der Waals surface area contributed by atoms with E-state index in [4.69, 9.17) is 10.2 Å². The SMILES string of the molecule is Bc1c(N)c(B)c2oc(CC)c(C(=O)c3cc(Br)c(O)c(Br)c3)c2c1B. The number of hydrogen-bond donors (Lipinski definition) is 2. The van der Waals surface area contributed by atoms with Gasteiger partial charge >= 0.3 is 0 Å². The molecule has 26 heavy (non-hydrogen) atoms. The maximum Gasteiger partial charge on any atom is 0.197 e. The number of benzene rings is 2. The number of nitrogen functional groups attached to an aromatic ring is 1. The second-order valence-electron chi connectivity index (χ2n) is 6.36. The summed E-state index contributed by atoms with van der Waals surface area (Å²) in [5.74, 6) is 0.556. The summed E-state index contributed by atoms with van der Waals surface area (Å²) in [5, 5.41) is 10.7. The first-order valence-corrected chi connectivity index (χ1v) is 9.80. The van der Waals surface area contributed by atoms with Crippen LogP contribution in [-0.4, -0.2) is 34.4 Å². The summed E-state index contributed by atoms with van der Waals surface area (Å²) < 4.78 is 6.96. The lowest BCUT2D eigenvalue weighted by molar-refractivity contribution is 0.103. The number of rotatable bonds is 3. The summed E-state index contributed by atoms with van der Waals surface area (Å²) in [6.45, 7) is 1.96. The molecule has 9 heteroatoms. The molecule has 0 saturated carbocycles. The number of phenols is 1. The van der Waals surface area contributed by atoms with E-state index < -0.39 is 0 Å². The van der Waals surface area contributed by atoms with Crippen LogP contribution in [0, 0.1) is 0 Å². The van der Waals surface area contributed by atoms with Gasteiger partial charge in [0, 0.05) is 23.1 Å². The van der Waals surface area contributed by atoms with Gasteiger partial charge in [0.2, 0.25) is 0 Å². The zero-order valence-corrected chi connectivity index (χ0v) is 18.1. The Balaban J connectivity index is 2.36. The first-order valence-electron chi connectivity index (χ1n) is 8.22. The number of halogens is 2. The van der Waals surface area contributed by atoms with E-state index in [0.717, 1.165) is 21.8 Å². The van der Waals surface area contributed by atoms with Crippen molar-refractivity contribution < 1.29 is 14.3 Å². The van der Waals surface area contributed by atoms with Gasteiger partial charge < -0.3 is 15.3 Å². The van der Waals surface area contributed by atoms with Crippen LogP contribution >= 0.6 is 31.9 Å². The molecule has 0 bridgehead atoms. The van der Waals surface area contributed by atoms with Crippen molar-refractivity contribution in [3.63, 3.8) is 0 Å². The van der Waals surface area contributed by atoms with E-state index in [1.807, 2.05) is 30.5 Å². The number of carbonyl (C=O) groups excluding carboxylic acids is 1. The van der Waals surface area contributed by atoms with Crippen molar-refractivity contribution in [2.24, 2.45) is 0 Å². The zero-order chi connectivity index (χ0) is 19.3. The molecule has 0 aliphatic heterocycles. The number of nitrogens with two attached hydrogens (primary N) is 1. The van der Waals surface area contributed by atoms with E-state index in [0.29, 0.717) is 43.5 Å². The third-order valence-corrected chi connectivity index (χ3v) is 6.10. The highest BCUT2D eigenvalue weighted by atomic mass is 79.9. The third-order valence-electron chi connectivity index (χ3n) is 4.89. The molecule has 0 aliphatic rings. The highest BCUT2D eigenvalue weighted by molar-refractivity contribution is 9.11. The monoisotopic (exact) mass is 473 g/mol. The van der Waals surface area contributed by atoms with Gasteiger partial charge in [0.05, 0.1) is 14.5 Å². The third kappa shape index (κ3) is 2.81. The van der Waals surface area contributed by atoms with Crippen LogP contribution in [0.15, 0.2) is 25.5 Å². The van der Waals surface area contributed by atoms with Crippen LogP contribution < -0.4 is 22.1 Å². The van der Waals surface area contributed by atoms with Gasteiger partial charge in [0.25, 0.3) is 0 Å². The molecule has 0 fully saturated rings. The molecular formula is C17H16B3Br2NO3. The molecule has 4 nitrogen and oxygen atoms in total. The number of hydrogen-bond acceptors (Lipinski definition) is 4. The topological polar surface area (TPSA) is 76.5 Å². The van der Waals surface area contributed by atoms with Gasteiger partial charge in [-0.15, -0.1) is 0 Å². The smallest absolute Gasteiger partial charge is 0.197 e. The van der Waals surface area contributed by atoms with Crippen molar-refractivity contribution in [3.05, 3.63) is 38.0 Å². The maximum atomic E-state index is 13.4. The fraction of sp³-hybridized carbons (Fsp3) is 0.118. The number of ketones is 1. The summed E-state index contributed by atoms with van der Waals surface area (Å²) in [7, 11) is 5.83. The van der Waals surface area contributed by atoms with Gasteiger partial charge in [-0.1, -0.05) is 17.8 Å². The molecule has 130 valence electrons. The molecule has 0 radical (unpaired) electrons. The normalized spacial score (nSPS) is 11.2. The molecule has 3 aromatic rings. The molecule has 1 aromatic heterocycles. The lowest BCUT2D eigenvalue weighted by atomic mass is 9.72. The fourth-order valence-electron chi connectivity index (χ4n) is 3.22. The highest BCUT2D eigenvalue weighted by Crippen LogP contribution is 2.35. The van der Waals surface area contributed by atoms with E-state index in [-0.39, 0.29) is 11.5 Å². The fourth-order valence-corrected chi connectivity index (χ4v) is 4.41. The van der Waals surface area contributed by atoms with E-state index in [1.165, 1.54) is 0 Å². The Labute approximate surface area is 171 Å². The minimum absolute atomic E-state index is 0.0601. The van der Waals surface area contributed by atoms with Crippen molar-refractivity contribution in [3.8, 4) is 5.75 Å². The van der Waals surface area contributed by atoms with Gasteiger partial charge in [-0.05, 0) is 49.5 Å². The van der Waals surface area contributed by atoms with E-state index >= 15 is 0 Å². The van der Waals surface area contributed by atoms with Gasteiger partial charge in [0.15, 0.2) is 5.78 Å². The molecule has 3 N–H and O–H groups in total. The maximum absolute atomic E-state index is 13.4. The average molecular weight is 475 g/mol. The van der Waals surface area contributed by atoms with Gasteiger partial charge in [-0.25, -0.2) is 0 Å². The summed E-state index contributed by atoms with van der Waals surface area (Å²) in [6, 6.07) is 3.24. The van der Waals surface area contributed by atoms with Crippen LogP contribution in [0.5, 0.6) is 5.75 Å².